The fourth-order valence-electron chi connectivity index (χ4n) is 2.96. The summed E-state index contributed by atoms with van der Waals surface area (Å²) in [6.07, 6.45) is 3.89. The highest BCUT2D eigenvalue weighted by Gasteiger charge is 2.14. The average molecular weight is 408 g/mol. The molecule has 0 amide bonds. The van der Waals surface area contributed by atoms with E-state index < -0.39 is 5.82 Å². The molecule has 0 spiro atoms. The van der Waals surface area contributed by atoms with Gasteiger partial charge in [-0.2, -0.15) is 0 Å². The van der Waals surface area contributed by atoms with Crippen LogP contribution in [0.2, 0.25) is 0 Å². The van der Waals surface area contributed by atoms with Crippen LogP contribution in [0.15, 0.2) is 71.0 Å². The molecular formula is C21H17FN4O2S. The molecular weight excluding hydrogens is 391 g/mol. The molecule has 8 heteroatoms. The minimum absolute atomic E-state index is 0.0977. The summed E-state index contributed by atoms with van der Waals surface area (Å²) in [5.74, 6) is -0.448. The molecule has 146 valence electrons. The average Bonchev–Trinajstić information content (AvgIpc) is 3.25. The number of nitrogens with zero attached hydrogens (tertiary/aromatic N) is 3. The first-order valence-electron chi connectivity index (χ1n) is 9.00. The number of thioether (sulfide) groups is 1. The Balaban J connectivity index is 1.62. The number of imidazole rings is 1. The number of aromatic amines is 1. The van der Waals surface area contributed by atoms with Crippen molar-refractivity contribution in [3.05, 3.63) is 88.5 Å². The highest BCUT2D eigenvalue weighted by atomic mass is 32.2. The van der Waals surface area contributed by atoms with Crippen LogP contribution < -0.4 is 5.56 Å². The van der Waals surface area contributed by atoms with E-state index in [1.54, 1.807) is 35.3 Å². The number of benzene rings is 2. The SMILES string of the molecule is O=C(CSc1nc2ccccc2c(=O)n1CCc1cnc[nH]1)c1ccc(F)cc1. The number of hydrogen-bond donors (Lipinski definition) is 1. The van der Waals surface area contributed by atoms with Crippen LogP contribution >= 0.6 is 11.8 Å². The van der Waals surface area contributed by atoms with E-state index in [2.05, 4.69) is 15.0 Å². The molecule has 29 heavy (non-hydrogen) atoms. The van der Waals surface area contributed by atoms with Gasteiger partial charge in [0.15, 0.2) is 10.9 Å². The van der Waals surface area contributed by atoms with Crippen molar-refractivity contribution < 1.29 is 9.18 Å². The maximum atomic E-state index is 13.1. The van der Waals surface area contributed by atoms with E-state index in [1.807, 2.05) is 6.07 Å². The number of aryl methyl sites for hydroxylation is 1. The zero-order chi connectivity index (χ0) is 20.2. The van der Waals surface area contributed by atoms with E-state index in [-0.39, 0.29) is 17.1 Å². The fourth-order valence-corrected chi connectivity index (χ4v) is 3.88. The predicted octanol–water partition coefficient (Wildman–Crippen LogP) is 3.48. The third kappa shape index (κ3) is 4.27. The summed E-state index contributed by atoms with van der Waals surface area (Å²) in [5, 5.41) is 1.01. The Kier molecular flexibility index (Phi) is 5.53. The van der Waals surface area contributed by atoms with Gasteiger partial charge < -0.3 is 4.98 Å². The van der Waals surface area contributed by atoms with Gasteiger partial charge in [-0.1, -0.05) is 23.9 Å². The molecule has 6 nitrogen and oxygen atoms in total. The molecule has 0 aliphatic rings. The standard InChI is InChI=1S/C21H17FN4O2S/c22-15-7-5-14(6-8-15)19(27)12-29-21-25-18-4-2-1-3-17(18)20(28)26(21)10-9-16-11-23-13-24-16/h1-8,11,13H,9-10,12H2,(H,23,24). The highest BCUT2D eigenvalue weighted by Crippen LogP contribution is 2.20. The first-order valence-corrected chi connectivity index (χ1v) is 9.99. The normalized spacial score (nSPS) is 11.1. The molecule has 0 unspecified atom stereocenters. The van der Waals surface area contributed by atoms with Gasteiger partial charge in [0.2, 0.25) is 0 Å². The number of fused-ring (bicyclic) bond motifs is 1. The molecule has 4 aromatic rings. The van der Waals surface area contributed by atoms with Crippen molar-refractivity contribution in [1.82, 2.24) is 19.5 Å². The molecule has 0 aliphatic carbocycles. The van der Waals surface area contributed by atoms with Crippen LogP contribution in [0.4, 0.5) is 4.39 Å². The molecule has 0 aliphatic heterocycles. The molecule has 4 rings (SSSR count). The molecule has 0 fully saturated rings. The molecule has 0 atom stereocenters. The van der Waals surface area contributed by atoms with Crippen molar-refractivity contribution in [2.24, 2.45) is 0 Å². The van der Waals surface area contributed by atoms with Crippen molar-refractivity contribution in [3.63, 3.8) is 0 Å². The smallest absolute Gasteiger partial charge is 0.262 e. The number of nitrogens with one attached hydrogen (secondary N) is 1. The van der Waals surface area contributed by atoms with E-state index in [1.165, 1.54) is 36.0 Å². The number of ketones is 1. The molecule has 2 heterocycles. The molecule has 0 saturated carbocycles. The highest BCUT2D eigenvalue weighted by molar-refractivity contribution is 7.99. The summed E-state index contributed by atoms with van der Waals surface area (Å²) in [6, 6.07) is 12.6. The molecule has 0 bridgehead atoms. The lowest BCUT2D eigenvalue weighted by Crippen LogP contribution is -2.24. The lowest BCUT2D eigenvalue weighted by atomic mass is 10.1. The number of rotatable bonds is 7. The lowest BCUT2D eigenvalue weighted by molar-refractivity contribution is 0.102. The van der Waals surface area contributed by atoms with E-state index in [9.17, 15) is 14.0 Å². The van der Waals surface area contributed by atoms with E-state index in [0.717, 1.165) is 5.69 Å². The van der Waals surface area contributed by atoms with Crippen molar-refractivity contribution in [1.29, 1.82) is 0 Å². The Labute approximate surface area is 169 Å². The first kappa shape index (κ1) is 19.1. The topological polar surface area (TPSA) is 80.6 Å². The van der Waals surface area contributed by atoms with Gasteiger partial charge in [-0.05, 0) is 36.4 Å². The quantitative estimate of drug-likeness (QED) is 0.288. The van der Waals surface area contributed by atoms with Gasteiger partial charge in [0.25, 0.3) is 5.56 Å². The molecule has 0 saturated heterocycles. The van der Waals surface area contributed by atoms with Gasteiger partial charge >= 0.3 is 0 Å². The van der Waals surface area contributed by atoms with Crippen LogP contribution in [-0.2, 0) is 13.0 Å². The number of carbonyl (C=O) groups is 1. The third-order valence-electron chi connectivity index (χ3n) is 4.48. The second kappa shape index (κ2) is 8.40. The molecule has 1 N–H and O–H groups in total. The Morgan fingerprint density at radius 1 is 1.14 bits per heavy atom. The number of H-pyrrole nitrogens is 1. The Morgan fingerprint density at radius 2 is 1.93 bits per heavy atom. The number of carbonyl (C=O) groups excluding carboxylic acids is 1. The maximum Gasteiger partial charge on any atom is 0.262 e. The van der Waals surface area contributed by atoms with Crippen LogP contribution in [-0.4, -0.2) is 31.1 Å². The van der Waals surface area contributed by atoms with E-state index in [0.29, 0.717) is 34.6 Å². The largest absolute Gasteiger partial charge is 0.348 e. The van der Waals surface area contributed by atoms with Crippen LogP contribution in [0, 0.1) is 5.82 Å². The Bertz CT molecular complexity index is 1200. The minimum Gasteiger partial charge on any atom is -0.348 e. The molecule has 2 aromatic heterocycles. The van der Waals surface area contributed by atoms with Crippen LogP contribution in [0.3, 0.4) is 0 Å². The lowest BCUT2D eigenvalue weighted by Gasteiger charge is -2.12. The van der Waals surface area contributed by atoms with Crippen molar-refractivity contribution in [3.8, 4) is 0 Å². The van der Waals surface area contributed by atoms with Gasteiger partial charge in [-0.15, -0.1) is 0 Å². The zero-order valence-electron chi connectivity index (χ0n) is 15.3. The van der Waals surface area contributed by atoms with Crippen molar-refractivity contribution in [2.75, 3.05) is 5.75 Å². The van der Waals surface area contributed by atoms with Crippen LogP contribution in [0.1, 0.15) is 16.1 Å². The zero-order valence-corrected chi connectivity index (χ0v) is 16.2. The number of para-hydroxylation sites is 1. The monoisotopic (exact) mass is 408 g/mol. The maximum absolute atomic E-state index is 13.1. The van der Waals surface area contributed by atoms with Gasteiger partial charge in [0.1, 0.15) is 5.82 Å². The minimum atomic E-state index is -0.391. The third-order valence-corrected chi connectivity index (χ3v) is 5.46. The summed E-state index contributed by atoms with van der Waals surface area (Å²) in [5.41, 5.74) is 1.77. The number of Topliss-reactive ketones (excluding diaryl/α,β-unsaturated/α-hetero) is 1. The second-order valence-corrected chi connectivity index (χ2v) is 7.36. The van der Waals surface area contributed by atoms with Crippen molar-refractivity contribution >= 4 is 28.4 Å². The summed E-state index contributed by atoms with van der Waals surface area (Å²) < 4.78 is 14.7. The van der Waals surface area contributed by atoms with Crippen LogP contribution in [0.25, 0.3) is 10.9 Å². The van der Waals surface area contributed by atoms with Gasteiger partial charge in [-0.3, -0.25) is 14.2 Å². The second-order valence-electron chi connectivity index (χ2n) is 6.41. The van der Waals surface area contributed by atoms with Crippen LogP contribution in [0.5, 0.6) is 0 Å². The fraction of sp³-hybridized carbons (Fsp3) is 0.143. The molecule has 2 aromatic carbocycles. The van der Waals surface area contributed by atoms with E-state index in [4.69, 9.17) is 0 Å². The summed E-state index contributed by atoms with van der Waals surface area (Å²) in [7, 11) is 0. The Hall–Kier alpha value is -3.26. The van der Waals surface area contributed by atoms with Gasteiger partial charge in [-0.25, -0.2) is 14.4 Å². The van der Waals surface area contributed by atoms with E-state index >= 15 is 0 Å². The summed E-state index contributed by atoms with van der Waals surface area (Å²) in [6.45, 7) is 0.409. The Morgan fingerprint density at radius 3 is 2.69 bits per heavy atom. The van der Waals surface area contributed by atoms with Crippen molar-refractivity contribution in [2.45, 2.75) is 18.1 Å². The number of aromatic nitrogens is 4. The number of hydrogen-bond acceptors (Lipinski definition) is 5. The molecule has 0 radical (unpaired) electrons. The predicted molar refractivity (Wildman–Crippen MR) is 110 cm³/mol. The summed E-state index contributed by atoms with van der Waals surface area (Å²) in [4.78, 5) is 37.1. The first-order chi connectivity index (χ1) is 14.1. The summed E-state index contributed by atoms with van der Waals surface area (Å²) >= 11 is 1.20. The van der Waals surface area contributed by atoms with Gasteiger partial charge in [0.05, 0.1) is 23.0 Å². The number of halogens is 1. The van der Waals surface area contributed by atoms with Gasteiger partial charge in [0, 0.05) is 30.4 Å².